The number of rotatable bonds is 3. The van der Waals surface area contributed by atoms with Crippen LogP contribution in [-0.2, 0) is 14.8 Å². The molecule has 0 fully saturated rings. The van der Waals surface area contributed by atoms with Crippen molar-refractivity contribution in [2.24, 2.45) is 11.7 Å². The van der Waals surface area contributed by atoms with Crippen LogP contribution in [0.15, 0.2) is 0 Å². The predicted octanol–water partition coefficient (Wildman–Crippen LogP) is -1.34. The van der Waals surface area contributed by atoms with E-state index in [1.807, 2.05) is 4.72 Å². The van der Waals surface area contributed by atoms with Crippen LogP contribution in [0.2, 0.25) is 0 Å². The summed E-state index contributed by atoms with van der Waals surface area (Å²) in [6.45, 7) is 1.70. The second kappa shape index (κ2) is 3.68. The van der Waals surface area contributed by atoms with E-state index in [-0.39, 0.29) is 6.54 Å². The van der Waals surface area contributed by atoms with Gasteiger partial charge < -0.3 is 5.73 Å². The topological polar surface area (TPSA) is 89.3 Å². The molecule has 0 aromatic carbocycles. The van der Waals surface area contributed by atoms with Crippen LogP contribution in [0.4, 0.5) is 0 Å². The summed E-state index contributed by atoms with van der Waals surface area (Å²) < 4.78 is 22.8. The first kappa shape index (κ1) is 10.4. The van der Waals surface area contributed by atoms with Gasteiger partial charge in [-0.25, -0.2) is 8.42 Å². The van der Waals surface area contributed by atoms with Gasteiger partial charge in [0.25, 0.3) is 0 Å². The number of nitrogens with two attached hydrogens (primary N) is 1. The third-order valence-electron chi connectivity index (χ3n) is 1.09. The van der Waals surface area contributed by atoms with Gasteiger partial charge in [-0.15, -0.1) is 0 Å². The molecule has 0 heterocycles. The highest BCUT2D eigenvalue weighted by atomic mass is 32.2. The van der Waals surface area contributed by atoms with Gasteiger partial charge in [0, 0.05) is 12.5 Å². The summed E-state index contributed by atoms with van der Waals surface area (Å²) in [7, 11) is -3.43. The Hall–Kier alpha value is -0.620. The quantitative estimate of drug-likeness (QED) is 0.562. The van der Waals surface area contributed by atoms with Crippen molar-refractivity contribution < 1.29 is 13.2 Å². The number of carbonyl (C=O) groups is 1. The van der Waals surface area contributed by atoms with E-state index in [9.17, 15) is 13.2 Å². The summed E-state index contributed by atoms with van der Waals surface area (Å²) in [5.74, 6) is -1.03. The second-order valence-corrected chi connectivity index (χ2v) is 4.12. The molecule has 0 spiro atoms. The van der Waals surface area contributed by atoms with Crippen LogP contribution >= 0.6 is 0 Å². The summed E-state index contributed by atoms with van der Waals surface area (Å²) in [6.07, 6.45) is 0.925. The lowest BCUT2D eigenvalue weighted by molar-refractivity contribution is -0.122. The smallest absolute Gasteiger partial charge is 0.237 e. The van der Waals surface area contributed by atoms with Crippen molar-refractivity contribution in [3.05, 3.63) is 0 Å². The highest BCUT2D eigenvalue weighted by Gasteiger charge is 2.14. The van der Waals surface area contributed by atoms with Gasteiger partial charge in [-0.1, -0.05) is 6.92 Å². The van der Waals surface area contributed by atoms with E-state index >= 15 is 0 Å². The fourth-order valence-electron chi connectivity index (χ4n) is 0.390. The van der Waals surface area contributed by atoms with Crippen molar-refractivity contribution in [2.75, 3.05) is 12.8 Å². The van der Waals surface area contributed by atoms with Gasteiger partial charge in [-0.05, 0) is 0 Å². The van der Waals surface area contributed by atoms with Crippen LogP contribution in [0, 0.1) is 5.92 Å². The Labute approximate surface area is 66.0 Å². The van der Waals surface area contributed by atoms with Crippen molar-refractivity contribution in [2.45, 2.75) is 6.92 Å². The van der Waals surface area contributed by atoms with E-state index in [0.717, 1.165) is 6.26 Å². The average molecular weight is 180 g/mol. The summed E-state index contributed by atoms with van der Waals surface area (Å²) in [5, 5.41) is 0. The molecule has 0 rings (SSSR count). The molecule has 5 nitrogen and oxygen atoms in total. The van der Waals surface area contributed by atoms with Crippen LogP contribution in [0.1, 0.15) is 6.92 Å². The average Bonchev–Trinajstić information content (AvgIpc) is 1.82. The highest BCUT2D eigenvalue weighted by Crippen LogP contribution is 1.91. The Morgan fingerprint density at radius 1 is 1.64 bits per heavy atom. The zero-order chi connectivity index (χ0) is 9.07. The molecule has 1 unspecified atom stereocenters. The minimum Gasteiger partial charge on any atom is -0.330 e. The van der Waals surface area contributed by atoms with Gasteiger partial charge in [-0.2, -0.15) is 0 Å². The predicted molar refractivity (Wildman–Crippen MR) is 41.2 cm³/mol. The third kappa shape index (κ3) is 4.74. The van der Waals surface area contributed by atoms with Crippen LogP contribution in [-0.4, -0.2) is 27.1 Å². The molecule has 3 N–H and O–H groups in total. The SMILES string of the molecule is CC(CN)C(=O)NS(C)(=O)=O. The number of sulfonamides is 1. The van der Waals surface area contributed by atoms with Gasteiger partial charge in [0.2, 0.25) is 15.9 Å². The molecule has 11 heavy (non-hydrogen) atoms. The molecule has 1 atom stereocenters. The lowest BCUT2D eigenvalue weighted by Gasteiger charge is -2.06. The molecule has 0 aliphatic carbocycles. The first-order valence-corrected chi connectivity index (χ1v) is 4.97. The zero-order valence-electron chi connectivity index (χ0n) is 6.49. The summed E-state index contributed by atoms with van der Waals surface area (Å²) in [6, 6.07) is 0. The normalized spacial score (nSPS) is 14.1. The van der Waals surface area contributed by atoms with Crippen LogP contribution in [0.25, 0.3) is 0 Å². The van der Waals surface area contributed by atoms with E-state index < -0.39 is 21.8 Å². The number of carbonyl (C=O) groups excluding carboxylic acids is 1. The maximum atomic E-state index is 10.8. The van der Waals surface area contributed by atoms with Crippen LogP contribution in [0.5, 0.6) is 0 Å². The van der Waals surface area contributed by atoms with Gasteiger partial charge >= 0.3 is 0 Å². The second-order valence-electron chi connectivity index (χ2n) is 2.38. The molecule has 6 heteroatoms. The van der Waals surface area contributed by atoms with E-state index in [2.05, 4.69) is 0 Å². The Kier molecular flexibility index (Phi) is 3.47. The Morgan fingerprint density at radius 3 is 2.36 bits per heavy atom. The fraction of sp³-hybridized carbons (Fsp3) is 0.800. The number of nitrogens with one attached hydrogen (secondary N) is 1. The van der Waals surface area contributed by atoms with E-state index in [4.69, 9.17) is 5.73 Å². The molecule has 0 saturated carbocycles. The molecule has 0 aromatic rings. The Balaban J connectivity index is 4.10. The summed E-state index contributed by atoms with van der Waals surface area (Å²) in [4.78, 5) is 10.8. The van der Waals surface area contributed by atoms with Gasteiger partial charge in [0.1, 0.15) is 0 Å². The van der Waals surface area contributed by atoms with Gasteiger partial charge in [0.15, 0.2) is 0 Å². The van der Waals surface area contributed by atoms with E-state index in [1.54, 1.807) is 6.92 Å². The highest BCUT2D eigenvalue weighted by molar-refractivity contribution is 7.89. The van der Waals surface area contributed by atoms with Crippen molar-refractivity contribution in [3.8, 4) is 0 Å². The first-order chi connectivity index (χ1) is 4.87. The summed E-state index contributed by atoms with van der Waals surface area (Å²) >= 11 is 0. The lowest BCUT2D eigenvalue weighted by atomic mass is 10.2. The zero-order valence-corrected chi connectivity index (χ0v) is 7.31. The largest absolute Gasteiger partial charge is 0.330 e. The molecule has 0 aliphatic heterocycles. The molecule has 66 valence electrons. The lowest BCUT2D eigenvalue weighted by Crippen LogP contribution is -2.36. The molecular formula is C5H12N2O3S. The van der Waals surface area contributed by atoms with Gasteiger partial charge in [0.05, 0.1) is 6.26 Å². The monoisotopic (exact) mass is 180 g/mol. The first-order valence-electron chi connectivity index (χ1n) is 3.08. The van der Waals surface area contributed by atoms with E-state index in [1.165, 1.54) is 0 Å². The van der Waals surface area contributed by atoms with Crippen molar-refractivity contribution in [1.29, 1.82) is 0 Å². The van der Waals surface area contributed by atoms with E-state index in [0.29, 0.717) is 0 Å². The molecule has 0 bridgehead atoms. The molecular weight excluding hydrogens is 168 g/mol. The Bertz CT molecular complexity index is 234. The molecule has 0 aromatic heterocycles. The van der Waals surface area contributed by atoms with Crippen molar-refractivity contribution >= 4 is 15.9 Å². The molecule has 0 saturated heterocycles. The van der Waals surface area contributed by atoms with Gasteiger partial charge in [-0.3, -0.25) is 9.52 Å². The minimum absolute atomic E-state index is 0.140. The molecule has 0 aliphatic rings. The van der Waals surface area contributed by atoms with Crippen molar-refractivity contribution in [3.63, 3.8) is 0 Å². The maximum Gasteiger partial charge on any atom is 0.237 e. The fourth-order valence-corrected chi connectivity index (χ4v) is 0.957. The number of hydrogen-bond donors (Lipinski definition) is 2. The Morgan fingerprint density at radius 2 is 2.09 bits per heavy atom. The van der Waals surface area contributed by atoms with Crippen LogP contribution < -0.4 is 10.5 Å². The number of hydrogen-bond acceptors (Lipinski definition) is 4. The number of amides is 1. The standard InChI is InChI=1S/C5H12N2O3S/c1-4(3-6)5(8)7-11(2,9)10/h4H,3,6H2,1-2H3,(H,7,8). The maximum absolute atomic E-state index is 10.8. The summed E-state index contributed by atoms with van der Waals surface area (Å²) in [5.41, 5.74) is 5.14. The van der Waals surface area contributed by atoms with Crippen molar-refractivity contribution in [1.82, 2.24) is 4.72 Å². The molecule has 1 amide bonds. The third-order valence-corrected chi connectivity index (χ3v) is 1.66. The molecule has 0 radical (unpaired) electrons. The van der Waals surface area contributed by atoms with Crippen LogP contribution in [0.3, 0.4) is 0 Å². The minimum atomic E-state index is -3.43.